The molecule has 5 rings (SSSR count). The molecule has 0 radical (unpaired) electrons. The highest BCUT2D eigenvalue weighted by molar-refractivity contribution is 7.22. The molecular weight excluding hydrogens is 569 g/mol. The molecule has 2 heterocycles. The van der Waals surface area contributed by atoms with Crippen molar-refractivity contribution in [1.29, 1.82) is 0 Å². The van der Waals surface area contributed by atoms with E-state index in [2.05, 4.69) is 44.8 Å². The Bertz CT molecular complexity index is 1540. The number of likely N-dealkylation sites (tertiary alicyclic amines) is 1. The van der Waals surface area contributed by atoms with Crippen LogP contribution in [0, 0.1) is 5.92 Å². The fourth-order valence-corrected chi connectivity index (χ4v) is 5.79. The van der Waals surface area contributed by atoms with Gasteiger partial charge in [0, 0.05) is 33.8 Å². The Morgan fingerprint density at radius 1 is 1.18 bits per heavy atom. The minimum absolute atomic E-state index is 0.0493. The highest BCUT2D eigenvalue weighted by Gasteiger charge is 2.16. The van der Waals surface area contributed by atoms with E-state index < -0.39 is 6.03 Å². The lowest BCUT2D eigenvalue weighted by Gasteiger charge is -2.30. The van der Waals surface area contributed by atoms with Crippen LogP contribution in [0.15, 0.2) is 59.7 Å². The monoisotopic (exact) mass is 597 g/mol. The first-order valence-corrected chi connectivity index (χ1v) is 14.5. The van der Waals surface area contributed by atoms with Crippen molar-refractivity contribution >= 4 is 62.1 Å². The van der Waals surface area contributed by atoms with Gasteiger partial charge in [-0.15, -0.1) is 0 Å². The van der Waals surface area contributed by atoms with Gasteiger partial charge < -0.3 is 9.84 Å². The summed E-state index contributed by atoms with van der Waals surface area (Å²) >= 11 is 13.5. The van der Waals surface area contributed by atoms with E-state index in [4.69, 9.17) is 27.9 Å². The van der Waals surface area contributed by atoms with Crippen molar-refractivity contribution < 1.29 is 14.6 Å². The van der Waals surface area contributed by atoms with E-state index in [1.807, 2.05) is 6.07 Å². The molecule has 40 heavy (non-hydrogen) atoms. The number of rotatable bonds is 8. The summed E-state index contributed by atoms with van der Waals surface area (Å²) in [6.07, 6.45) is 3.84. The average Bonchev–Trinajstić information content (AvgIpc) is 3.32. The van der Waals surface area contributed by atoms with Gasteiger partial charge in [0.2, 0.25) is 0 Å². The maximum absolute atomic E-state index is 12.4. The van der Waals surface area contributed by atoms with Gasteiger partial charge in [0.25, 0.3) is 0 Å². The summed E-state index contributed by atoms with van der Waals surface area (Å²) in [7, 11) is 0. The standard InChI is InChI=1S/C29H29Cl2N5O3S/c1-18-8-10-36(11-9-18)16-19-2-7-25-27(12-19)40-29(33-25)34-28(38)35-32-15-20-4-6-23(14-26(20)37)39-17-21-3-5-22(30)13-24(21)31/h2-7,12-15,18,37H,8-11,16-17H2,1H3,(H2,33,34,35,38)/b32-15+. The number of aromatic hydroxyl groups is 1. The second-order valence-electron chi connectivity index (χ2n) is 9.85. The van der Waals surface area contributed by atoms with Crippen molar-refractivity contribution in [2.75, 3.05) is 18.4 Å². The Morgan fingerprint density at radius 2 is 2.00 bits per heavy atom. The zero-order valence-corrected chi connectivity index (χ0v) is 24.2. The number of nitrogens with zero attached hydrogens (tertiary/aromatic N) is 3. The molecule has 4 aromatic rings. The van der Waals surface area contributed by atoms with Crippen molar-refractivity contribution in [2.24, 2.45) is 11.0 Å². The van der Waals surface area contributed by atoms with Crippen LogP contribution in [-0.4, -0.2) is 40.3 Å². The van der Waals surface area contributed by atoms with Crippen LogP contribution >= 0.6 is 34.5 Å². The summed E-state index contributed by atoms with van der Waals surface area (Å²) in [5.74, 6) is 1.21. The van der Waals surface area contributed by atoms with E-state index in [1.165, 1.54) is 42.0 Å². The average molecular weight is 599 g/mol. The summed E-state index contributed by atoms with van der Waals surface area (Å²) in [6, 6.07) is 15.7. The molecule has 0 aliphatic carbocycles. The van der Waals surface area contributed by atoms with Gasteiger partial charge in [0.1, 0.15) is 18.1 Å². The van der Waals surface area contributed by atoms with Gasteiger partial charge >= 0.3 is 6.03 Å². The normalized spacial score (nSPS) is 14.6. The number of thiazole rings is 1. The molecule has 1 aliphatic rings. The molecule has 1 saturated heterocycles. The molecule has 3 N–H and O–H groups in total. The topological polar surface area (TPSA) is 99.1 Å². The number of hydrogen-bond acceptors (Lipinski definition) is 7. The predicted molar refractivity (Wildman–Crippen MR) is 162 cm³/mol. The van der Waals surface area contributed by atoms with Gasteiger partial charge in [-0.2, -0.15) is 5.10 Å². The summed E-state index contributed by atoms with van der Waals surface area (Å²) in [6.45, 7) is 5.72. The van der Waals surface area contributed by atoms with Crippen LogP contribution in [0.4, 0.5) is 9.93 Å². The number of hydrazone groups is 1. The number of urea groups is 1. The molecule has 1 fully saturated rings. The molecule has 1 aliphatic heterocycles. The number of nitrogens with one attached hydrogen (secondary N) is 2. The number of phenols is 1. The molecule has 8 nitrogen and oxygen atoms in total. The third-order valence-electron chi connectivity index (χ3n) is 6.74. The highest BCUT2D eigenvalue weighted by Crippen LogP contribution is 2.28. The van der Waals surface area contributed by atoms with Gasteiger partial charge in [-0.1, -0.05) is 53.6 Å². The number of hydrogen-bond donors (Lipinski definition) is 3. The second kappa shape index (κ2) is 12.9. The fraction of sp³-hybridized carbons (Fsp3) is 0.276. The van der Waals surface area contributed by atoms with Crippen LogP contribution in [0.25, 0.3) is 10.2 Å². The summed E-state index contributed by atoms with van der Waals surface area (Å²) in [5, 5.41) is 18.5. The first-order valence-electron chi connectivity index (χ1n) is 12.9. The quantitative estimate of drug-likeness (QED) is 0.146. The van der Waals surface area contributed by atoms with Crippen molar-refractivity contribution in [3.8, 4) is 11.5 Å². The Hall–Kier alpha value is -3.37. The van der Waals surface area contributed by atoms with Crippen molar-refractivity contribution in [3.63, 3.8) is 0 Å². The molecule has 3 aromatic carbocycles. The molecule has 0 unspecified atom stereocenters. The Balaban J connectivity index is 1.12. The van der Waals surface area contributed by atoms with Gasteiger partial charge in [-0.25, -0.2) is 15.2 Å². The predicted octanol–water partition coefficient (Wildman–Crippen LogP) is 7.28. The van der Waals surface area contributed by atoms with Crippen LogP contribution in [-0.2, 0) is 13.2 Å². The smallest absolute Gasteiger partial charge is 0.341 e. The molecule has 0 spiro atoms. The lowest BCUT2D eigenvalue weighted by atomic mass is 9.99. The largest absolute Gasteiger partial charge is 0.507 e. The second-order valence-corrected chi connectivity index (χ2v) is 11.7. The van der Waals surface area contributed by atoms with Gasteiger partial charge in [0.05, 0.1) is 16.4 Å². The van der Waals surface area contributed by atoms with Crippen LogP contribution in [0.5, 0.6) is 11.5 Å². The van der Waals surface area contributed by atoms with E-state index in [1.54, 1.807) is 30.3 Å². The number of carbonyl (C=O) groups is 1. The van der Waals surface area contributed by atoms with Gasteiger partial charge in [0.15, 0.2) is 5.13 Å². The van der Waals surface area contributed by atoms with Crippen molar-refractivity contribution in [2.45, 2.75) is 32.9 Å². The van der Waals surface area contributed by atoms with Crippen LogP contribution in [0.1, 0.15) is 36.5 Å². The van der Waals surface area contributed by atoms with E-state index in [9.17, 15) is 9.90 Å². The SMILES string of the molecule is CC1CCN(Cc2ccc3nc(NC(=O)N/N=C/c4ccc(OCc5ccc(Cl)cc5Cl)cc4O)sc3c2)CC1. The van der Waals surface area contributed by atoms with E-state index in [0.717, 1.165) is 41.3 Å². The van der Waals surface area contributed by atoms with Crippen LogP contribution in [0.3, 0.4) is 0 Å². The molecule has 0 atom stereocenters. The summed E-state index contributed by atoms with van der Waals surface area (Å²) in [5.41, 5.74) is 5.67. The van der Waals surface area contributed by atoms with Gasteiger partial charge in [-0.3, -0.25) is 10.2 Å². The highest BCUT2D eigenvalue weighted by atomic mass is 35.5. The Kier molecular flexibility index (Phi) is 9.06. The number of piperidine rings is 1. The summed E-state index contributed by atoms with van der Waals surface area (Å²) in [4.78, 5) is 19.4. The fourth-order valence-electron chi connectivity index (χ4n) is 4.41. The number of amides is 2. The van der Waals surface area contributed by atoms with Crippen molar-refractivity contribution in [3.05, 3.63) is 81.3 Å². The van der Waals surface area contributed by atoms with E-state index in [0.29, 0.717) is 26.5 Å². The minimum Gasteiger partial charge on any atom is -0.507 e. The van der Waals surface area contributed by atoms with Gasteiger partial charge in [-0.05, 0) is 73.8 Å². The maximum atomic E-state index is 12.4. The van der Waals surface area contributed by atoms with E-state index >= 15 is 0 Å². The lowest BCUT2D eigenvalue weighted by molar-refractivity contribution is 0.185. The third-order valence-corrected chi connectivity index (χ3v) is 8.26. The molecule has 0 saturated carbocycles. The maximum Gasteiger partial charge on any atom is 0.341 e. The number of benzene rings is 3. The molecule has 0 bridgehead atoms. The Morgan fingerprint density at radius 3 is 2.77 bits per heavy atom. The zero-order valence-electron chi connectivity index (χ0n) is 21.9. The number of phenolic OH excluding ortho intramolecular Hbond substituents is 1. The summed E-state index contributed by atoms with van der Waals surface area (Å²) < 4.78 is 6.73. The number of aromatic nitrogens is 1. The molecule has 208 valence electrons. The third kappa shape index (κ3) is 7.42. The number of carbonyl (C=O) groups excluding carboxylic acids is 1. The number of anilines is 1. The molecule has 1 aromatic heterocycles. The molecular formula is C29H29Cl2N5O3S. The number of fused-ring (bicyclic) bond motifs is 1. The lowest BCUT2D eigenvalue weighted by Crippen LogP contribution is -2.32. The Labute approximate surface area is 246 Å². The van der Waals surface area contributed by atoms with E-state index in [-0.39, 0.29) is 12.4 Å². The first kappa shape index (κ1) is 28.2. The molecule has 11 heteroatoms. The molecule has 2 amide bonds. The van der Waals surface area contributed by atoms with Crippen molar-refractivity contribution in [1.82, 2.24) is 15.3 Å². The minimum atomic E-state index is -0.530. The zero-order chi connectivity index (χ0) is 28.1. The number of ether oxygens (including phenoxy) is 1. The van der Waals surface area contributed by atoms with Crippen LogP contribution in [0.2, 0.25) is 10.0 Å². The first-order chi connectivity index (χ1) is 19.3. The number of halogens is 2. The van der Waals surface area contributed by atoms with Crippen LogP contribution < -0.4 is 15.5 Å².